The average molecular weight is 480 g/mol. The van der Waals surface area contributed by atoms with E-state index in [0.717, 1.165) is 22.4 Å². The highest BCUT2D eigenvalue weighted by Crippen LogP contribution is 2.36. The van der Waals surface area contributed by atoms with Crippen molar-refractivity contribution in [3.63, 3.8) is 0 Å². The Kier molecular flexibility index (Phi) is 7.32. The van der Waals surface area contributed by atoms with Gasteiger partial charge in [-0.1, -0.05) is 66.2 Å². The number of rotatable bonds is 8. The predicted molar refractivity (Wildman–Crippen MR) is 130 cm³/mol. The van der Waals surface area contributed by atoms with Crippen LogP contribution in [0, 0.1) is 13.8 Å². The molecule has 33 heavy (non-hydrogen) atoms. The van der Waals surface area contributed by atoms with Crippen molar-refractivity contribution in [2.24, 2.45) is 0 Å². The molecule has 0 aliphatic carbocycles. The summed E-state index contributed by atoms with van der Waals surface area (Å²) < 4.78 is 11.4. The number of nitrogens with one attached hydrogen (secondary N) is 1. The minimum atomic E-state index is -0.580. The van der Waals surface area contributed by atoms with E-state index in [2.05, 4.69) is 15.5 Å². The van der Waals surface area contributed by atoms with E-state index in [1.165, 1.54) is 11.8 Å². The first-order valence-corrected chi connectivity index (χ1v) is 11.5. The van der Waals surface area contributed by atoms with Crippen molar-refractivity contribution in [3.05, 3.63) is 100 Å². The van der Waals surface area contributed by atoms with Crippen LogP contribution in [0.2, 0.25) is 5.02 Å². The number of hydrogen-bond acceptors (Lipinski definition) is 6. The van der Waals surface area contributed by atoms with Crippen LogP contribution in [0.25, 0.3) is 0 Å². The molecule has 6 nitrogen and oxygen atoms in total. The van der Waals surface area contributed by atoms with Crippen molar-refractivity contribution in [1.29, 1.82) is 0 Å². The van der Waals surface area contributed by atoms with Crippen LogP contribution in [0.1, 0.15) is 27.8 Å². The molecule has 0 radical (unpaired) electrons. The molecule has 0 spiro atoms. The highest BCUT2D eigenvalue weighted by Gasteiger charge is 2.25. The summed E-state index contributed by atoms with van der Waals surface area (Å²) in [6, 6.07) is 22.6. The molecule has 1 aromatic heterocycles. The number of carbonyl (C=O) groups is 1. The number of hydrogen-bond donors (Lipinski definition) is 1. The van der Waals surface area contributed by atoms with Gasteiger partial charge in [0.15, 0.2) is 6.61 Å². The normalized spacial score (nSPS) is 11.7. The fourth-order valence-electron chi connectivity index (χ4n) is 3.12. The first kappa shape index (κ1) is 22.9. The van der Waals surface area contributed by atoms with Crippen molar-refractivity contribution in [2.45, 2.75) is 30.9 Å². The molecule has 1 unspecified atom stereocenters. The van der Waals surface area contributed by atoms with Crippen molar-refractivity contribution in [2.75, 3.05) is 5.32 Å². The number of ether oxygens (including phenoxy) is 1. The zero-order chi connectivity index (χ0) is 23.2. The van der Waals surface area contributed by atoms with Gasteiger partial charge in [0.1, 0.15) is 11.0 Å². The molecule has 1 heterocycles. The molecule has 3 aromatic carbocycles. The Morgan fingerprint density at radius 2 is 1.82 bits per heavy atom. The minimum Gasteiger partial charge on any atom is -0.482 e. The van der Waals surface area contributed by atoms with E-state index in [9.17, 15) is 4.79 Å². The Morgan fingerprint density at radius 1 is 1.06 bits per heavy atom. The van der Waals surface area contributed by atoms with Crippen LogP contribution < -0.4 is 10.1 Å². The molecule has 4 aromatic rings. The molecule has 1 amide bonds. The second kappa shape index (κ2) is 10.6. The van der Waals surface area contributed by atoms with E-state index in [4.69, 9.17) is 20.8 Å². The zero-order valence-corrected chi connectivity index (χ0v) is 19.7. The number of nitrogens with zero attached hydrogens (tertiary/aromatic N) is 2. The molecular formula is C25H22ClN3O3S. The Hall–Kier alpha value is -3.29. The van der Waals surface area contributed by atoms with Crippen LogP contribution in [-0.4, -0.2) is 16.1 Å². The largest absolute Gasteiger partial charge is 0.482 e. The van der Waals surface area contributed by atoms with E-state index in [1.807, 2.05) is 74.5 Å². The van der Waals surface area contributed by atoms with Gasteiger partial charge in [0, 0.05) is 5.69 Å². The van der Waals surface area contributed by atoms with Crippen molar-refractivity contribution >= 4 is 35.0 Å². The lowest BCUT2D eigenvalue weighted by molar-refractivity contribution is -0.115. The molecule has 4 rings (SSSR count). The molecule has 1 N–H and O–H groups in total. The van der Waals surface area contributed by atoms with Gasteiger partial charge in [-0.05, 0) is 60.5 Å². The maximum atomic E-state index is 13.3. The highest BCUT2D eigenvalue weighted by atomic mass is 35.5. The lowest BCUT2D eigenvalue weighted by Crippen LogP contribution is -2.19. The van der Waals surface area contributed by atoms with Crippen molar-refractivity contribution in [1.82, 2.24) is 10.2 Å². The molecule has 0 saturated heterocycles. The van der Waals surface area contributed by atoms with Gasteiger partial charge in [-0.2, -0.15) is 0 Å². The first-order chi connectivity index (χ1) is 16.0. The molecule has 0 bridgehead atoms. The molecule has 8 heteroatoms. The molecule has 1 atom stereocenters. The second-order valence-electron chi connectivity index (χ2n) is 7.40. The van der Waals surface area contributed by atoms with Gasteiger partial charge < -0.3 is 14.5 Å². The summed E-state index contributed by atoms with van der Waals surface area (Å²) in [7, 11) is 0. The van der Waals surface area contributed by atoms with E-state index in [0.29, 0.717) is 16.7 Å². The molecule has 168 valence electrons. The number of carbonyl (C=O) groups excluding carboxylic acids is 1. The topological polar surface area (TPSA) is 77.2 Å². The van der Waals surface area contributed by atoms with Gasteiger partial charge in [-0.3, -0.25) is 4.79 Å². The average Bonchev–Trinajstić information content (AvgIpc) is 3.27. The Labute approximate surface area is 201 Å². The third kappa shape index (κ3) is 5.94. The van der Waals surface area contributed by atoms with Crippen LogP contribution in [0.15, 0.2) is 82.4 Å². The fraction of sp³-hybridized carbons (Fsp3) is 0.160. The van der Waals surface area contributed by atoms with E-state index < -0.39 is 5.25 Å². The van der Waals surface area contributed by atoms with Crippen molar-refractivity contribution < 1.29 is 13.9 Å². The maximum absolute atomic E-state index is 13.3. The number of aryl methyl sites for hydroxylation is 2. The van der Waals surface area contributed by atoms with Crippen LogP contribution in [0.4, 0.5) is 5.69 Å². The summed E-state index contributed by atoms with van der Waals surface area (Å²) in [5.74, 6) is 0.646. The second-order valence-corrected chi connectivity index (χ2v) is 8.86. The summed E-state index contributed by atoms with van der Waals surface area (Å²) in [6.45, 7) is 4.02. The Morgan fingerprint density at radius 3 is 2.61 bits per heavy atom. The van der Waals surface area contributed by atoms with Crippen LogP contribution in [0.3, 0.4) is 0 Å². The Balaban J connectivity index is 1.50. The number of amides is 1. The lowest BCUT2D eigenvalue weighted by Gasteiger charge is -2.16. The van der Waals surface area contributed by atoms with Crippen LogP contribution in [0.5, 0.6) is 5.75 Å². The van der Waals surface area contributed by atoms with E-state index in [1.54, 1.807) is 12.1 Å². The molecule has 0 fully saturated rings. The number of halogens is 1. The smallest absolute Gasteiger partial charge is 0.277 e. The quantitative estimate of drug-likeness (QED) is 0.295. The van der Waals surface area contributed by atoms with Gasteiger partial charge in [0.2, 0.25) is 5.91 Å². The highest BCUT2D eigenvalue weighted by molar-refractivity contribution is 8.00. The predicted octanol–water partition coefficient (Wildman–Crippen LogP) is 6.39. The maximum Gasteiger partial charge on any atom is 0.277 e. The van der Waals surface area contributed by atoms with Gasteiger partial charge in [0.25, 0.3) is 11.1 Å². The first-order valence-electron chi connectivity index (χ1n) is 10.3. The summed E-state index contributed by atoms with van der Waals surface area (Å²) in [6.07, 6.45) is 0. The summed E-state index contributed by atoms with van der Waals surface area (Å²) >= 11 is 7.31. The molecule has 0 saturated carbocycles. The zero-order valence-electron chi connectivity index (χ0n) is 18.1. The van der Waals surface area contributed by atoms with Gasteiger partial charge >= 0.3 is 0 Å². The number of aromatic nitrogens is 2. The fourth-order valence-corrected chi connectivity index (χ4v) is 4.20. The van der Waals surface area contributed by atoms with Crippen molar-refractivity contribution in [3.8, 4) is 5.75 Å². The number of anilines is 1. The number of benzene rings is 3. The summed E-state index contributed by atoms with van der Waals surface area (Å²) in [5, 5.41) is 11.4. The van der Waals surface area contributed by atoms with Crippen LogP contribution >= 0.6 is 23.4 Å². The molecule has 0 aliphatic rings. The summed E-state index contributed by atoms with van der Waals surface area (Å²) in [5.41, 5.74) is 3.67. The monoisotopic (exact) mass is 479 g/mol. The lowest BCUT2D eigenvalue weighted by atomic mass is 10.1. The molecular weight excluding hydrogens is 458 g/mol. The Bertz CT molecular complexity index is 1250. The van der Waals surface area contributed by atoms with Gasteiger partial charge in [-0.25, -0.2) is 0 Å². The van der Waals surface area contributed by atoms with E-state index in [-0.39, 0.29) is 17.7 Å². The minimum absolute atomic E-state index is 0.0714. The standard InChI is InChI=1S/C25H22ClN3O3S/c1-16-12-13-17(2)20(14-16)27-24(30)23(18-8-4-3-5-9-18)33-25-29-28-22(32-25)15-31-21-11-7-6-10-19(21)26/h3-14,23H,15H2,1-2H3,(H,27,30). The third-order valence-electron chi connectivity index (χ3n) is 4.85. The van der Waals surface area contributed by atoms with Crippen LogP contribution in [-0.2, 0) is 11.4 Å². The SMILES string of the molecule is Cc1ccc(C)c(NC(=O)C(Sc2nnc(COc3ccccc3Cl)o2)c2ccccc2)c1. The number of para-hydroxylation sites is 1. The third-order valence-corrected chi connectivity index (χ3v) is 6.25. The van der Waals surface area contributed by atoms with E-state index >= 15 is 0 Å². The summed E-state index contributed by atoms with van der Waals surface area (Å²) in [4.78, 5) is 13.3. The number of thioether (sulfide) groups is 1. The van der Waals surface area contributed by atoms with Gasteiger partial charge in [-0.15, -0.1) is 10.2 Å². The molecule has 0 aliphatic heterocycles. The van der Waals surface area contributed by atoms with Gasteiger partial charge in [0.05, 0.1) is 5.02 Å².